The molecule has 0 aliphatic carbocycles. The van der Waals surface area contributed by atoms with Crippen LogP contribution in [0.1, 0.15) is 98.3 Å². The fourth-order valence-electron chi connectivity index (χ4n) is 3.31. The van der Waals surface area contributed by atoms with Gasteiger partial charge in [-0.15, -0.1) is 0 Å². The third kappa shape index (κ3) is 6.90. The minimum absolute atomic E-state index is 0.166. The number of unbranched alkanes of at least 4 members (excludes halogenated alkanes) is 9. The van der Waals surface area contributed by atoms with Gasteiger partial charge in [-0.2, -0.15) is 0 Å². The Kier molecular flexibility index (Phi) is 9.95. The molecule has 148 valence electrons. The Labute approximate surface area is 169 Å². The second-order valence-electron chi connectivity index (χ2n) is 7.24. The third-order valence-electron chi connectivity index (χ3n) is 4.96. The number of hydrogen-bond acceptors (Lipinski definition) is 2. The maximum Gasteiger partial charge on any atom is 0.261 e. The predicted octanol–water partition coefficient (Wildman–Crippen LogP) is 5.60. The zero-order chi connectivity index (χ0) is 20.0. The summed E-state index contributed by atoms with van der Waals surface area (Å²) in [6.07, 6.45) is 12.2. The van der Waals surface area contributed by atoms with Gasteiger partial charge in [0.1, 0.15) is 0 Å². The molecule has 1 aromatic carbocycles. The lowest BCUT2D eigenvalue weighted by Gasteiger charge is -2.13. The van der Waals surface area contributed by atoms with Gasteiger partial charge in [0.25, 0.3) is 11.8 Å². The molecular formula is C25H31NO2. The van der Waals surface area contributed by atoms with Crippen LogP contribution in [0.25, 0.3) is 0 Å². The van der Waals surface area contributed by atoms with Gasteiger partial charge in [-0.1, -0.05) is 69.4 Å². The summed E-state index contributed by atoms with van der Waals surface area (Å²) in [6.45, 7) is 2.72. The molecule has 2 rings (SSSR count). The molecule has 1 aromatic rings. The van der Waals surface area contributed by atoms with Crippen molar-refractivity contribution in [3.63, 3.8) is 0 Å². The number of carbonyl (C=O) groups excluding carboxylic acids is 2. The number of rotatable bonds is 11. The standard InChI is InChI=1S/C25H31NO2/c1-2-3-4-5-6-7-8-9-10-11-12-13-14-15-18-21-26-24(27)22-19-16-17-20-23(22)25(26)28/h16-17,19-20H,2-8,13-15,18,21H2,1H3. The van der Waals surface area contributed by atoms with Crippen LogP contribution >= 0.6 is 0 Å². The van der Waals surface area contributed by atoms with Crippen molar-refractivity contribution in [2.24, 2.45) is 0 Å². The Hall–Kier alpha value is -2.52. The molecule has 1 heterocycles. The average Bonchev–Trinajstić information content (AvgIpc) is 2.96. The molecule has 0 spiro atoms. The number of benzene rings is 1. The number of nitrogens with zero attached hydrogens (tertiary/aromatic N) is 1. The van der Waals surface area contributed by atoms with Crippen LogP contribution in [0.4, 0.5) is 0 Å². The van der Waals surface area contributed by atoms with E-state index >= 15 is 0 Å². The van der Waals surface area contributed by atoms with Crippen LogP contribution in [-0.4, -0.2) is 23.3 Å². The first-order chi connectivity index (χ1) is 13.8. The van der Waals surface area contributed by atoms with E-state index in [2.05, 4.69) is 30.6 Å². The van der Waals surface area contributed by atoms with Gasteiger partial charge in [0, 0.05) is 19.4 Å². The van der Waals surface area contributed by atoms with Crippen molar-refractivity contribution in [2.75, 3.05) is 6.54 Å². The Morgan fingerprint density at radius 1 is 0.714 bits per heavy atom. The summed E-state index contributed by atoms with van der Waals surface area (Å²) in [4.78, 5) is 25.9. The van der Waals surface area contributed by atoms with E-state index in [0.29, 0.717) is 17.7 Å². The summed E-state index contributed by atoms with van der Waals surface area (Å²) in [7, 11) is 0. The predicted molar refractivity (Wildman–Crippen MR) is 114 cm³/mol. The second kappa shape index (κ2) is 12.8. The zero-order valence-electron chi connectivity index (χ0n) is 17.1. The second-order valence-corrected chi connectivity index (χ2v) is 7.24. The summed E-state index contributed by atoms with van der Waals surface area (Å²) >= 11 is 0. The number of fused-ring (bicyclic) bond motifs is 1. The molecule has 0 radical (unpaired) electrons. The summed E-state index contributed by atoms with van der Waals surface area (Å²) in [5.74, 6) is 11.8. The molecule has 3 heteroatoms. The molecular weight excluding hydrogens is 346 g/mol. The largest absolute Gasteiger partial charge is 0.274 e. The Bertz CT molecular complexity index is 738. The molecule has 3 nitrogen and oxygen atoms in total. The first-order valence-corrected chi connectivity index (χ1v) is 10.7. The highest BCUT2D eigenvalue weighted by Crippen LogP contribution is 2.22. The number of carbonyl (C=O) groups is 2. The van der Waals surface area contributed by atoms with Crippen LogP contribution in [0.5, 0.6) is 0 Å². The molecule has 1 aliphatic rings. The van der Waals surface area contributed by atoms with Crippen LogP contribution in [0, 0.1) is 23.7 Å². The van der Waals surface area contributed by atoms with E-state index in [1.807, 2.05) is 0 Å². The fraction of sp³-hybridized carbons (Fsp3) is 0.520. The van der Waals surface area contributed by atoms with E-state index in [-0.39, 0.29) is 11.8 Å². The molecule has 1 aliphatic heterocycles. The molecule has 0 saturated heterocycles. The maximum absolute atomic E-state index is 12.3. The van der Waals surface area contributed by atoms with Crippen molar-refractivity contribution in [3.8, 4) is 23.7 Å². The molecule has 0 N–H and O–H groups in total. The Balaban J connectivity index is 1.52. The summed E-state index contributed by atoms with van der Waals surface area (Å²) in [6, 6.07) is 7.03. The van der Waals surface area contributed by atoms with Gasteiger partial charge in [-0.05, 0) is 43.2 Å². The first-order valence-electron chi connectivity index (χ1n) is 10.7. The number of hydrogen-bond donors (Lipinski definition) is 0. The van der Waals surface area contributed by atoms with Gasteiger partial charge >= 0.3 is 0 Å². The van der Waals surface area contributed by atoms with Crippen molar-refractivity contribution in [1.29, 1.82) is 0 Å². The van der Waals surface area contributed by atoms with Gasteiger partial charge in [-0.25, -0.2) is 0 Å². The highest BCUT2D eigenvalue weighted by atomic mass is 16.2. The van der Waals surface area contributed by atoms with Crippen LogP contribution in [-0.2, 0) is 0 Å². The molecule has 2 amide bonds. The third-order valence-corrected chi connectivity index (χ3v) is 4.96. The van der Waals surface area contributed by atoms with Gasteiger partial charge in [0.05, 0.1) is 11.1 Å². The smallest absolute Gasteiger partial charge is 0.261 e. The Morgan fingerprint density at radius 2 is 1.21 bits per heavy atom. The van der Waals surface area contributed by atoms with E-state index in [1.54, 1.807) is 24.3 Å². The monoisotopic (exact) mass is 377 g/mol. The van der Waals surface area contributed by atoms with Crippen molar-refractivity contribution in [3.05, 3.63) is 35.4 Å². The molecule has 0 unspecified atom stereocenters. The van der Waals surface area contributed by atoms with Crippen molar-refractivity contribution >= 4 is 11.8 Å². The van der Waals surface area contributed by atoms with Crippen molar-refractivity contribution in [2.45, 2.75) is 77.6 Å². The summed E-state index contributed by atoms with van der Waals surface area (Å²) in [5.41, 5.74) is 1.05. The van der Waals surface area contributed by atoms with Gasteiger partial charge < -0.3 is 0 Å². The SMILES string of the molecule is CCCCCCCCC#CC#CCCCCCN1C(=O)c2ccccc2C1=O. The molecule has 0 bridgehead atoms. The van der Waals surface area contributed by atoms with E-state index in [4.69, 9.17) is 0 Å². The van der Waals surface area contributed by atoms with Crippen LogP contribution in [0.15, 0.2) is 24.3 Å². The van der Waals surface area contributed by atoms with E-state index < -0.39 is 0 Å². The molecule has 0 atom stereocenters. The quantitative estimate of drug-likeness (QED) is 0.286. The zero-order valence-corrected chi connectivity index (χ0v) is 17.1. The van der Waals surface area contributed by atoms with Gasteiger partial charge in [-0.3, -0.25) is 14.5 Å². The Morgan fingerprint density at radius 3 is 1.79 bits per heavy atom. The minimum atomic E-state index is -0.166. The van der Waals surface area contributed by atoms with E-state index in [0.717, 1.165) is 32.1 Å². The van der Waals surface area contributed by atoms with E-state index in [1.165, 1.54) is 43.4 Å². The highest BCUT2D eigenvalue weighted by Gasteiger charge is 2.34. The van der Waals surface area contributed by atoms with Crippen molar-refractivity contribution < 1.29 is 9.59 Å². The lowest BCUT2D eigenvalue weighted by Crippen LogP contribution is -2.30. The van der Waals surface area contributed by atoms with Crippen LogP contribution < -0.4 is 0 Å². The van der Waals surface area contributed by atoms with Gasteiger partial charge in [0.15, 0.2) is 0 Å². The summed E-state index contributed by atoms with van der Waals surface area (Å²) in [5, 5.41) is 0. The lowest BCUT2D eigenvalue weighted by atomic mass is 10.1. The molecule has 0 fully saturated rings. The normalized spacial score (nSPS) is 12.2. The van der Waals surface area contributed by atoms with Gasteiger partial charge in [0.2, 0.25) is 0 Å². The molecule has 28 heavy (non-hydrogen) atoms. The molecule has 0 saturated carbocycles. The first kappa shape index (κ1) is 21.8. The highest BCUT2D eigenvalue weighted by molar-refractivity contribution is 6.21. The molecule has 0 aromatic heterocycles. The lowest BCUT2D eigenvalue weighted by molar-refractivity contribution is 0.0651. The number of amides is 2. The van der Waals surface area contributed by atoms with Crippen molar-refractivity contribution in [1.82, 2.24) is 4.90 Å². The topological polar surface area (TPSA) is 37.4 Å². The van der Waals surface area contributed by atoms with E-state index in [9.17, 15) is 9.59 Å². The van der Waals surface area contributed by atoms with Crippen LogP contribution in [0.3, 0.4) is 0 Å². The van der Waals surface area contributed by atoms with Crippen LogP contribution in [0.2, 0.25) is 0 Å². The fourth-order valence-corrected chi connectivity index (χ4v) is 3.31. The number of imide groups is 1. The summed E-state index contributed by atoms with van der Waals surface area (Å²) < 4.78 is 0. The minimum Gasteiger partial charge on any atom is -0.274 e. The maximum atomic E-state index is 12.3. The average molecular weight is 378 g/mol.